The normalized spacial score (nSPS) is 20.3. The maximum atomic E-state index is 13.3. The third-order valence-corrected chi connectivity index (χ3v) is 4.62. The molecule has 1 saturated carbocycles. The summed E-state index contributed by atoms with van der Waals surface area (Å²) in [7, 11) is 0. The molecule has 0 aliphatic heterocycles. The number of para-hydroxylation sites is 1. The maximum absolute atomic E-state index is 13.3. The molecule has 3 rings (SSSR count). The van der Waals surface area contributed by atoms with Crippen LogP contribution in [0.3, 0.4) is 0 Å². The van der Waals surface area contributed by atoms with Crippen molar-refractivity contribution in [2.75, 3.05) is 0 Å². The summed E-state index contributed by atoms with van der Waals surface area (Å²) in [4.78, 5) is 16.3. The van der Waals surface area contributed by atoms with E-state index >= 15 is 0 Å². The van der Waals surface area contributed by atoms with E-state index in [2.05, 4.69) is 31.6 Å². The molecular weight excluding hydrogens is 458 g/mol. The van der Waals surface area contributed by atoms with Crippen LogP contribution >= 0.6 is 0 Å². The summed E-state index contributed by atoms with van der Waals surface area (Å²) < 4.78 is 84.9. The molecule has 0 bridgehead atoms. The van der Waals surface area contributed by atoms with E-state index in [1.165, 1.54) is 18.3 Å². The van der Waals surface area contributed by atoms with Crippen LogP contribution in [0.25, 0.3) is 0 Å². The molecule has 1 aliphatic carbocycles. The molecule has 1 aliphatic rings. The first-order valence-electron chi connectivity index (χ1n) is 9.45. The van der Waals surface area contributed by atoms with Gasteiger partial charge >= 0.3 is 13.0 Å². The summed E-state index contributed by atoms with van der Waals surface area (Å²) in [6.07, 6.45) is -6.17. The Morgan fingerprint density at radius 2 is 1.97 bits per heavy atom. The smallest absolute Gasteiger partial charge is 0.433 e. The van der Waals surface area contributed by atoms with E-state index in [-0.39, 0.29) is 29.5 Å². The fourth-order valence-electron chi connectivity index (χ4n) is 3.31. The highest BCUT2D eigenvalue weighted by Crippen LogP contribution is 2.31. The second kappa shape index (κ2) is 10.1. The Labute approximate surface area is 183 Å². The van der Waals surface area contributed by atoms with Crippen LogP contribution < -0.4 is 10.1 Å². The third kappa shape index (κ3) is 6.84. The topological polar surface area (TPSA) is 80.7 Å². The molecule has 0 unspecified atom stereocenters. The summed E-state index contributed by atoms with van der Waals surface area (Å²) in [6.45, 7) is -3.32. The molecule has 0 spiro atoms. The maximum Gasteiger partial charge on any atom is 0.522 e. The number of hydrogen-bond donors (Lipinski definition) is 2. The number of ether oxygens (including phenoxy) is 2. The van der Waals surface area contributed by atoms with E-state index in [4.69, 9.17) is 0 Å². The Morgan fingerprint density at radius 1 is 1.21 bits per heavy atom. The number of amides is 1. The number of nitrogens with one attached hydrogen (secondary N) is 1. The standard InChI is InChI=1S/C21H16F6N2O4/c22-13-6-11(9-28-10-13)4-5-12-2-1-3-15(18(12)32-20(23)24)19(31)29-16-7-14(8-17(16)30)33-21(25,26)27/h1-3,6,9-10,14,16-17,20,30H,7-8H2,(H,29,31)/t14-,16-,17-/m0/s1. The fraction of sp³-hybridized carbons (Fsp3) is 0.333. The van der Waals surface area contributed by atoms with Gasteiger partial charge in [0.1, 0.15) is 5.82 Å². The molecule has 12 heteroatoms. The average molecular weight is 474 g/mol. The van der Waals surface area contributed by atoms with Crippen LogP contribution in [-0.2, 0) is 4.74 Å². The third-order valence-electron chi connectivity index (χ3n) is 4.62. The minimum absolute atomic E-state index is 0.127. The molecule has 176 valence electrons. The van der Waals surface area contributed by atoms with E-state index in [1.807, 2.05) is 0 Å². The zero-order valence-electron chi connectivity index (χ0n) is 16.6. The Balaban J connectivity index is 1.84. The number of hydrogen-bond acceptors (Lipinski definition) is 5. The van der Waals surface area contributed by atoms with Crippen molar-refractivity contribution in [3.63, 3.8) is 0 Å². The van der Waals surface area contributed by atoms with Gasteiger partial charge in [-0.2, -0.15) is 8.78 Å². The highest BCUT2D eigenvalue weighted by atomic mass is 19.4. The number of alkyl halides is 5. The minimum atomic E-state index is -4.91. The minimum Gasteiger partial charge on any atom is -0.433 e. The number of rotatable bonds is 5. The molecule has 2 aromatic rings. The Hall–Kier alpha value is -3.30. The summed E-state index contributed by atoms with van der Waals surface area (Å²) in [5, 5.41) is 12.3. The molecule has 0 radical (unpaired) electrons. The molecule has 1 heterocycles. The molecule has 3 atom stereocenters. The quantitative estimate of drug-likeness (QED) is 0.513. The molecule has 2 N–H and O–H groups in total. The number of benzene rings is 1. The zero-order chi connectivity index (χ0) is 24.2. The SMILES string of the molecule is O=C(N[C@H]1C[C@H](OC(F)(F)F)C[C@@H]1O)c1cccc(C#Cc2cncc(F)c2)c1OC(F)F. The average Bonchev–Trinajstić information content (AvgIpc) is 3.03. The monoisotopic (exact) mass is 474 g/mol. The predicted octanol–water partition coefficient (Wildman–Crippen LogP) is 3.38. The first-order chi connectivity index (χ1) is 15.5. The van der Waals surface area contributed by atoms with Crippen LogP contribution in [0.15, 0.2) is 36.7 Å². The molecule has 1 aromatic heterocycles. The van der Waals surface area contributed by atoms with Gasteiger partial charge in [0.15, 0.2) is 5.75 Å². The lowest BCUT2D eigenvalue weighted by molar-refractivity contribution is -0.342. The van der Waals surface area contributed by atoms with E-state index in [0.717, 1.165) is 18.3 Å². The predicted molar refractivity (Wildman–Crippen MR) is 101 cm³/mol. The number of pyridine rings is 1. The molecule has 1 aromatic carbocycles. The number of carbonyl (C=O) groups is 1. The van der Waals surface area contributed by atoms with Gasteiger partial charge in [-0.25, -0.2) is 4.39 Å². The van der Waals surface area contributed by atoms with Crippen LogP contribution in [0, 0.1) is 17.7 Å². The summed E-state index contributed by atoms with van der Waals surface area (Å²) in [5.41, 5.74) is -0.373. The van der Waals surface area contributed by atoms with E-state index in [9.17, 15) is 36.2 Å². The number of aromatic nitrogens is 1. The van der Waals surface area contributed by atoms with Crippen molar-refractivity contribution >= 4 is 5.91 Å². The lowest BCUT2D eigenvalue weighted by atomic mass is 10.1. The second-order valence-electron chi connectivity index (χ2n) is 7.01. The van der Waals surface area contributed by atoms with Crippen molar-refractivity contribution in [2.45, 2.75) is 44.1 Å². The summed E-state index contributed by atoms with van der Waals surface area (Å²) in [5.74, 6) is 2.80. The number of aliphatic hydroxyl groups is 1. The van der Waals surface area contributed by atoms with Crippen molar-refractivity contribution < 1.29 is 45.7 Å². The van der Waals surface area contributed by atoms with Crippen molar-refractivity contribution in [1.29, 1.82) is 0 Å². The fourth-order valence-corrected chi connectivity index (χ4v) is 3.31. The Kier molecular flexibility index (Phi) is 7.45. The largest absolute Gasteiger partial charge is 0.522 e. The zero-order valence-corrected chi connectivity index (χ0v) is 16.6. The van der Waals surface area contributed by atoms with Gasteiger partial charge in [0.2, 0.25) is 0 Å². The first-order valence-corrected chi connectivity index (χ1v) is 9.45. The molecule has 0 saturated heterocycles. The van der Waals surface area contributed by atoms with Crippen LogP contribution in [0.4, 0.5) is 26.3 Å². The molecule has 1 amide bonds. The number of nitrogens with zero attached hydrogens (tertiary/aromatic N) is 1. The Bertz CT molecular complexity index is 1070. The molecule has 1 fully saturated rings. The second-order valence-corrected chi connectivity index (χ2v) is 7.01. The van der Waals surface area contributed by atoms with Crippen molar-refractivity contribution in [3.8, 4) is 17.6 Å². The highest BCUT2D eigenvalue weighted by molar-refractivity contribution is 5.98. The van der Waals surface area contributed by atoms with Crippen molar-refractivity contribution in [3.05, 3.63) is 59.2 Å². The van der Waals surface area contributed by atoms with Gasteiger partial charge < -0.3 is 15.2 Å². The van der Waals surface area contributed by atoms with Crippen LogP contribution in [0.5, 0.6) is 5.75 Å². The van der Waals surface area contributed by atoms with Crippen LogP contribution in [-0.4, -0.2) is 47.2 Å². The van der Waals surface area contributed by atoms with Gasteiger partial charge in [0.25, 0.3) is 5.91 Å². The van der Waals surface area contributed by atoms with Gasteiger partial charge in [-0.1, -0.05) is 17.9 Å². The van der Waals surface area contributed by atoms with E-state index in [1.54, 1.807) is 0 Å². The van der Waals surface area contributed by atoms with Crippen molar-refractivity contribution in [1.82, 2.24) is 10.3 Å². The Morgan fingerprint density at radius 3 is 2.64 bits per heavy atom. The lowest BCUT2D eigenvalue weighted by Crippen LogP contribution is -2.40. The summed E-state index contributed by atoms with van der Waals surface area (Å²) >= 11 is 0. The van der Waals surface area contributed by atoms with Crippen LogP contribution in [0.1, 0.15) is 34.3 Å². The lowest BCUT2D eigenvalue weighted by Gasteiger charge is -2.18. The summed E-state index contributed by atoms with van der Waals surface area (Å²) in [6, 6.07) is 3.70. The highest BCUT2D eigenvalue weighted by Gasteiger charge is 2.41. The van der Waals surface area contributed by atoms with Gasteiger partial charge in [-0.05, 0) is 24.6 Å². The first kappa shape index (κ1) is 24.3. The van der Waals surface area contributed by atoms with E-state index in [0.29, 0.717) is 0 Å². The number of aliphatic hydroxyl groups excluding tert-OH is 1. The van der Waals surface area contributed by atoms with E-state index < -0.39 is 48.7 Å². The van der Waals surface area contributed by atoms with Crippen LogP contribution in [0.2, 0.25) is 0 Å². The number of carbonyl (C=O) groups excluding carboxylic acids is 1. The molecule has 6 nitrogen and oxygen atoms in total. The molecular formula is C21H16F6N2O4. The number of halogens is 6. The van der Waals surface area contributed by atoms with Gasteiger partial charge in [-0.15, -0.1) is 13.2 Å². The molecule has 33 heavy (non-hydrogen) atoms. The van der Waals surface area contributed by atoms with Crippen molar-refractivity contribution in [2.24, 2.45) is 0 Å². The van der Waals surface area contributed by atoms with Gasteiger partial charge in [0.05, 0.1) is 35.6 Å². The van der Waals surface area contributed by atoms with Gasteiger partial charge in [-0.3, -0.25) is 14.5 Å². The van der Waals surface area contributed by atoms with Gasteiger partial charge in [0, 0.05) is 18.2 Å².